The average Bonchev–Trinajstić information content (AvgIpc) is 2.57. The van der Waals surface area contributed by atoms with Crippen molar-refractivity contribution < 1.29 is 18.3 Å². The summed E-state index contributed by atoms with van der Waals surface area (Å²) in [7, 11) is 0. The van der Waals surface area contributed by atoms with Gasteiger partial charge in [-0.2, -0.15) is 11.8 Å². The number of amides is 1. The molecule has 2 aromatic carbocycles. The summed E-state index contributed by atoms with van der Waals surface area (Å²) in [6.07, 6.45) is 0.777. The van der Waals surface area contributed by atoms with Gasteiger partial charge in [-0.1, -0.05) is 18.2 Å². The van der Waals surface area contributed by atoms with Crippen LogP contribution in [0.5, 0.6) is 5.75 Å². The number of ether oxygens (including phenoxy) is 1. The highest BCUT2D eigenvalue weighted by Crippen LogP contribution is 2.20. The molecule has 134 valence electrons. The topological polar surface area (TPSA) is 38.3 Å². The van der Waals surface area contributed by atoms with Crippen LogP contribution in [0, 0.1) is 25.5 Å². The van der Waals surface area contributed by atoms with E-state index in [9.17, 15) is 13.6 Å². The number of carbonyl (C=O) groups is 1. The normalized spacial score (nSPS) is 10.6. The molecule has 0 fully saturated rings. The number of halogens is 2. The van der Waals surface area contributed by atoms with Crippen LogP contribution in [0.25, 0.3) is 0 Å². The molecule has 0 heterocycles. The van der Waals surface area contributed by atoms with E-state index in [0.717, 1.165) is 41.2 Å². The summed E-state index contributed by atoms with van der Waals surface area (Å²) in [6, 6.07) is 9.53. The Hall–Kier alpha value is -2.08. The van der Waals surface area contributed by atoms with Crippen LogP contribution >= 0.6 is 11.8 Å². The zero-order valence-electron chi connectivity index (χ0n) is 14.3. The molecule has 25 heavy (non-hydrogen) atoms. The van der Waals surface area contributed by atoms with Crippen LogP contribution in [-0.2, 0) is 4.79 Å². The van der Waals surface area contributed by atoms with Crippen molar-refractivity contribution in [1.82, 2.24) is 0 Å². The number of carbonyl (C=O) groups excluding carboxylic acids is 1. The van der Waals surface area contributed by atoms with Gasteiger partial charge in [-0.05, 0) is 55.3 Å². The van der Waals surface area contributed by atoms with Gasteiger partial charge in [-0.3, -0.25) is 4.79 Å². The van der Waals surface area contributed by atoms with Gasteiger partial charge in [-0.15, -0.1) is 0 Å². The van der Waals surface area contributed by atoms with Crippen LogP contribution in [0.3, 0.4) is 0 Å². The first kappa shape index (κ1) is 19.2. The molecule has 0 spiro atoms. The minimum absolute atomic E-state index is 0.136. The van der Waals surface area contributed by atoms with Crippen LogP contribution in [0.15, 0.2) is 36.4 Å². The van der Waals surface area contributed by atoms with E-state index in [1.54, 1.807) is 0 Å². The fourth-order valence-electron chi connectivity index (χ4n) is 2.16. The second-order valence-corrected chi connectivity index (χ2v) is 6.77. The van der Waals surface area contributed by atoms with Crippen molar-refractivity contribution >= 4 is 23.4 Å². The first-order valence-corrected chi connectivity index (χ1v) is 9.14. The Kier molecular flexibility index (Phi) is 7.25. The smallest absolute Gasteiger partial charge is 0.234 e. The molecule has 0 aliphatic heterocycles. The van der Waals surface area contributed by atoms with Crippen molar-refractivity contribution in [3.05, 3.63) is 59.2 Å². The molecule has 0 radical (unpaired) electrons. The van der Waals surface area contributed by atoms with E-state index in [1.165, 1.54) is 17.8 Å². The fourth-order valence-corrected chi connectivity index (χ4v) is 2.89. The van der Waals surface area contributed by atoms with Crippen LogP contribution in [0.1, 0.15) is 17.5 Å². The zero-order chi connectivity index (χ0) is 18.2. The lowest BCUT2D eigenvalue weighted by molar-refractivity contribution is -0.113. The van der Waals surface area contributed by atoms with E-state index in [0.29, 0.717) is 6.61 Å². The van der Waals surface area contributed by atoms with E-state index in [2.05, 4.69) is 5.32 Å². The standard InChI is InChI=1S/C19H21F2NO2S/c1-13-7-8-14(2)17(11-13)24-9-4-10-25-12-18(23)22-19-15(20)5-3-6-16(19)21/h3,5-8,11H,4,9-10,12H2,1-2H3,(H,22,23). The molecule has 0 atom stereocenters. The number of thioether (sulfide) groups is 1. The number of aryl methyl sites for hydroxylation is 2. The van der Waals surface area contributed by atoms with Gasteiger partial charge < -0.3 is 10.1 Å². The van der Waals surface area contributed by atoms with Gasteiger partial charge in [0.25, 0.3) is 0 Å². The third kappa shape index (κ3) is 6.05. The van der Waals surface area contributed by atoms with Gasteiger partial charge in [0.05, 0.1) is 12.4 Å². The summed E-state index contributed by atoms with van der Waals surface area (Å²) >= 11 is 1.40. The third-order valence-corrected chi connectivity index (χ3v) is 4.54. The summed E-state index contributed by atoms with van der Waals surface area (Å²) in [6.45, 7) is 4.57. The summed E-state index contributed by atoms with van der Waals surface area (Å²) in [5, 5.41) is 2.27. The number of rotatable bonds is 8. The Labute approximate surface area is 150 Å². The van der Waals surface area contributed by atoms with Gasteiger partial charge in [-0.25, -0.2) is 8.78 Å². The SMILES string of the molecule is Cc1ccc(C)c(OCCCSCC(=O)Nc2c(F)cccc2F)c1. The maximum Gasteiger partial charge on any atom is 0.234 e. The Morgan fingerprint density at radius 1 is 1.16 bits per heavy atom. The van der Waals surface area contributed by atoms with Crippen molar-refractivity contribution in [2.24, 2.45) is 0 Å². The molecule has 2 rings (SSSR count). The molecular formula is C19H21F2NO2S. The van der Waals surface area contributed by atoms with Gasteiger partial charge >= 0.3 is 0 Å². The lowest BCUT2D eigenvalue weighted by atomic mass is 10.1. The average molecular weight is 365 g/mol. The molecule has 0 aromatic heterocycles. The molecule has 1 amide bonds. The second kappa shape index (κ2) is 9.42. The van der Waals surface area contributed by atoms with E-state index >= 15 is 0 Å². The molecule has 2 aromatic rings. The molecule has 6 heteroatoms. The molecule has 0 saturated heterocycles. The van der Waals surface area contributed by atoms with Gasteiger partial charge in [0.2, 0.25) is 5.91 Å². The molecular weight excluding hydrogens is 344 g/mol. The molecule has 3 nitrogen and oxygen atoms in total. The Morgan fingerprint density at radius 3 is 2.60 bits per heavy atom. The highest BCUT2D eigenvalue weighted by molar-refractivity contribution is 7.99. The van der Waals surface area contributed by atoms with Crippen LogP contribution < -0.4 is 10.1 Å². The quantitative estimate of drug-likeness (QED) is 0.688. The summed E-state index contributed by atoms with van der Waals surface area (Å²) < 4.78 is 32.6. The predicted octanol–water partition coefficient (Wildman–Crippen LogP) is 4.72. The predicted molar refractivity (Wildman–Crippen MR) is 98.3 cm³/mol. The van der Waals surface area contributed by atoms with Crippen LogP contribution in [0.4, 0.5) is 14.5 Å². The lowest BCUT2D eigenvalue weighted by Gasteiger charge is -2.10. The summed E-state index contributed by atoms with van der Waals surface area (Å²) in [5.74, 6) is -0.252. The van der Waals surface area contributed by atoms with Crippen LogP contribution in [-0.4, -0.2) is 24.0 Å². The maximum absolute atomic E-state index is 13.4. The monoisotopic (exact) mass is 365 g/mol. The summed E-state index contributed by atoms with van der Waals surface area (Å²) in [5.41, 5.74) is 1.84. The van der Waals surface area contributed by atoms with E-state index in [4.69, 9.17) is 4.74 Å². The molecule has 0 unspecified atom stereocenters. The lowest BCUT2D eigenvalue weighted by Crippen LogP contribution is -2.16. The van der Waals surface area contributed by atoms with Crippen LogP contribution in [0.2, 0.25) is 0 Å². The summed E-state index contributed by atoms with van der Waals surface area (Å²) in [4.78, 5) is 11.8. The van der Waals surface area contributed by atoms with Gasteiger partial charge in [0.15, 0.2) is 0 Å². The minimum Gasteiger partial charge on any atom is -0.493 e. The highest BCUT2D eigenvalue weighted by Gasteiger charge is 2.11. The first-order valence-electron chi connectivity index (χ1n) is 7.99. The molecule has 0 saturated carbocycles. The minimum atomic E-state index is -0.778. The number of hydrogen-bond acceptors (Lipinski definition) is 3. The first-order chi connectivity index (χ1) is 12.0. The number of hydrogen-bond donors (Lipinski definition) is 1. The molecule has 0 bridgehead atoms. The number of para-hydroxylation sites is 1. The second-order valence-electron chi connectivity index (χ2n) is 5.67. The van der Waals surface area contributed by atoms with Crippen molar-refractivity contribution in [2.45, 2.75) is 20.3 Å². The third-order valence-electron chi connectivity index (χ3n) is 3.49. The van der Waals surface area contributed by atoms with Gasteiger partial charge in [0, 0.05) is 0 Å². The van der Waals surface area contributed by atoms with Crippen molar-refractivity contribution in [3.8, 4) is 5.75 Å². The number of anilines is 1. The fraction of sp³-hybridized carbons (Fsp3) is 0.316. The molecule has 0 aliphatic rings. The largest absolute Gasteiger partial charge is 0.493 e. The number of nitrogens with one attached hydrogen (secondary N) is 1. The molecule has 1 N–H and O–H groups in total. The van der Waals surface area contributed by atoms with E-state index < -0.39 is 23.2 Å². The van der Waals surface area contributed by atoms with Crippen molar-refractivity contribution in [3.63, 3.8) is 0 Å². The zero-order valence-corrected chi connectivity index (χ0v) is 15.1. The maximum atomic E-state index is 13.4. The Morgan fingerprint density at radius 2 is 1.88 bits per heavy atom. The van der Waals surface area contributed by atoms with Gasteiger partial charge in [0.1, 0.15) is 23.1 Å². The Balaban J connectivity index is 1.66. The van der Waals surface area contributed by atoms with Crippen molar-refractivity contribution in [1.29, 1.82) is 0 Å². The Bertz CT molecular complexity index is 717. The highest BCUT2D eigenvalue weighted by atomic mass is 32.2. The number of benzene rings is 2. The molecule has 0 aliphatic carbocycles. The van der Waals surface area contributed by atoms with Crippen molar-refractivity contribution in [2.75, 3.05) is 23.4 Å². The van der Waals surface area contributed by atoms with E-state index in [1.807, 2.05) is 32.0 Å². The van der Waals surface area contributed by atoms with E-state index in [-0.39, 0.29) is 5.75 Å².